The summed E-state index contributed by atoms with van der Waals surface area (Å²) in [6.45, 7) is 3.05. The quantitative estimate of drug-likeness (QED) is 0.846. The first-order valence-corrected chi connectivity index (χ1v) is 8.76. The highest BCUT2D eigenvalue weighted by atomic mass is 32.2. The van der Waals surface area contributed by atoms with Crippen LogP contribution in [0.3, 0.4) is 0 Å². The van der Waals surface area contributed by atoms with Gasteiger partial charge in [-0.05, 0) is 19.8 Å². The zero-order valence-electron chi connectivity index (χ0n) is 13.1. The van der Waals surface area contributed by atoms with Crippen LogP contribution in [0.2, 0.25) is 0 Å². The number of piperidine rings is 1. The summed E-state index contributed by atoms with van der Waals surface area (Å²) in [6, 6.07) is 0. The molecule has 0 unspecified atom stereocenters. The van der Waals surface area contributed by atoms with Gasteiger partial charge < -0.3 is 0 Å². The minimum atomic E-state index is -3.31. The number of fused-ring (bicyclic) bond motifs is 1. The number of hydrogen-bond acceptors (Lipinski definition) is 4. The lowest BCUT2D eigenvalue weighted by atomic mass is 9.94. The standard InChI is InChI=1S/C14H21N5O2S/c1-11-16-9-13-8-15-10-14(19(11)13)12-4-6-18(7-5-12)22(20,21)17(2)3/h8-10,12H,4-7H2,1-3H3. The van der Waals surface area contributed by atoms with Crippen molar-refractivity contribution in [2.24, 2.45) is 0 Å². The highest BCUT2D eigenvalue weighted by Crippen LogP contribution is 2.30. The van der Waals surface area contributed by atoms with Gasteiger partial charge in [-0.1, -0.05) is 0 Å². The SMILES string of the molecule is Cc1ncc2cncc(C3CCN(S(=O)(=O)N(C)C)CC3)n12. The van der Waals surface area contributed by atoms with Crippen molar-refractivity contribution in [3.63, 3.8) is 0 Å². The molecule has 1 saturated heterocycles. The first kappa shape index (κ1) is 15.4. The van der Waals surface area contributed by atoms with E-state index in [1.807, 2.05) is 19.3 Å². The molecule has 0 atom stereocenters. The molecular weight excluding hydrogens is 302 g/mol. The van der Waals surface area contributed by atoms with E-state index in [0.29, 0.717) is 19.0 Å². The Balaban J connectivity index is 1.83. The van der Waals surface area contributed by atoms with Crippen LogP contribution in [0.5, 0.6) is 0 Å². The summed E-state index contributed by atoms with van der Waals surface area (Å²) in [4.78, 5) is 8.64. The van der Waals surface area contributed by atoms with E-state index in [2.05, 4.69) is 14.4 Å². The molecular formula is C14H21N5O2S. The lowest BCUT2D eigenvalue weighted by Crippen LogP contribution is -2.44. The van der Waals surface area contributed by atoms with Crippen molar-refractivity contribution in [1.29, 1.82) is 0 Å². The van der Waals surface area contributed by atoms with Gasteiger partial charge in [-0.3, -0.25) is 9.38 Å². The van der Waals surface area contributed by atoms with Gasteiger partial charge in [0.05, 0.1) is 17.9 Å². The highest BCUT2D eigenvalue weighted by Gasteiger charge is 2.31. The Kier molecular flexibility index (Phi) is 3.92. The fourth-order valence-electron chi connectivity index (χ4n) is 3.04. The Morgan fingerprint density at radius 3 is 2.50 bits per heavy atom. The van der Waals surface area contributed by atoms with Crippen molar-refractivity contribution in [2.45, 2.75) is 25.7 Å². The lowest BCUT2D eigenvalue weighted by molar-refractivity contribution is 0.299. The molecule has 3 heterocycles. The van der Waals surface area contributed by atoms with Crippen LogP contribution in [-0.4, -0.2) is 58.6 Å². The van der Waals surface area contributed by atoms with Crippen molar-refractivity contribution < 1.29 is 8.42 Å². The molecule has 1 aliphatic rings. The van der Waals surface area contributed by atoms with Gasteiger partial charge in [0, 0.05) is 45.0 Å². The van der Waals surface area contributed by atoms with Crippen molar-refractivity contribution in [2.75, 3.05) is 27.2 Å². The molecule has 0 aliphatic carbocycles. The van der Waals surface area contributed by atoms with Gasteiger partial charge in [0.15, 0.2) is 0 Å². The predicted octanol–water partition coefficient (Wildman–Crippen LogP) is 1.02. The van der Waals surface area contributed by atoms with Crippen LogP contribution in [0.1, 0.15) is 30.3 Å². The first-order valence-electron chi connectivity index (χ1n) is 7.37. The highest BCUT2D eigenvalue weighted by molar-refractivity contribution is 7.86. The third-order valence-corrected chi connectivity index (χ3v) is 6.24. The van der Waals surface area contributed by atoms with E-state index in [-0.39, 0.29) is 0 Å². The predicted molar refractivity (Wildman–Crippen MR) is 83.9 cm³/mol. The molecule has 0 N–H and O–H groups in total. The fourth-order valence-corrected chi connectivity index (χ4v) is 4.17. The maximum Gasteiger partial charge on any atom is 0.281 e. The molecule has 2 aromatic heterocycles. The normalized spacial score (nSPS) is 18.4. The van der Waals surface area contributed by atoms with Gasteiger partial charge in [0.25, 0.3) is 10.2 Å². The Bertz CT molecular complexity index is 776. The minimum absolute atomic E-state index is 0.303. The number of rotatable bonds is 3. The van der Waals surface area contributed by atoms with Crippen LogP contribution in [0, 0.1) is 6.92 Å². The van der Waals surface area contributed by atoms with Gasteiger partial charge in [0.1, 0.15) is 5.82 Å². The summed E-state index contributed by atoms with van der Waals surface area (Å²) >= 11 is 0. The van der Waals surface area contributed by atoms with E-state index in [1.54, 1.807) is 24.6 Å². The Morgan fingerprint density at radius 2 is 1.86 bits per heavy atom. The van der Waals surface area contributed by atoms with E-state index < -0.39 is 10.2 Å². The Morgan fingerprint density at radius 1 is 1.18 bits per heavy atom. The van der Waals surface area contributed by atoms with Gasteiger partial charge >= 0.3 is 0 Å². The smallest absolute Gasteiger partial charge is 0.281 e. The van der Waals surface area contributed by atoms with Gasteiger partial charge in [-0.25, -0.2) is 4.98 Å². The molecule has 0 saturated carbocycles. The summed E-state index contributed by atoms with van der Waals surface area (Å²) in [5.41, 5.74) is 2.10. The van der Waals surface area contributed by atoms with Crippen LogP contribution in [0.4, 0.5) is 0 Å². The molecule has 0 amide bonds. The minimum Gasteiger partial charge on any atom is -0.298 e. The van der Waals surface area contributed by atoms with E-state index in [1.165, 1.54) is 4.31 Å². The van der Waals surface area contributed by atoms with Crippen LogP contribution in [0.25, 0.3) is 5.52 Å². The molecule has 0 radical (unpaired) electrons. The molecule has 1 fully saturated rings. The topological polar surface area (TPSA) is 70.8 Å². The van der Waals surface area contributed by atoms with Crippen molar-refractivity contribution in [1.82, 2.24) is 23.0 Å². The number of hydrogen-bond donors (Lipinski definition) is 0. The number of aromatic nitrogens is 3. The molecule has 8 heteroatoms. The van der Waals surface area contributed by atoms with Gasteiger partial charge in [0.2, 0.25) is 0 Å². The number of imidazole rings is 1. The molecule has 3 rings (SSSR count). The molecule has 0 aromatic carbocycles. The maximum atomic E-state index is 12.2. The van der Waals surface area contributed by atoms with Crippen LogP contribution >= 0.6 is 0 Å². The molecule has 2 aromatic rings. The second kappa shape index (κ2) is 5.60. The summed E-state index contributed by atoms with van der Waals surface area (Å²) < 4.78 is 29.3. The summed E-state index contributed by atoms with van der Waals surface area (Å²) in [5, 5.41) is 0. The molecule has 7 nitrogen and oxygen atoms in total. The van der Waals surface area contributed by atoms with E-state index in [0.717, 1.165) is 29.9 Å². The average molecular weight is 323 g/mol. The van der Waals surface area contributed by atoms with Gasteiger partial charge in [-0.2, -0.15) is 17.0 Å². The third-order valence-electron chi connectivity index (χ3n) is 4.30. The van der Waals surface area contributed by atoms with Gasteiger partial charge in [-0.15, -0.1) is 0 Å². The third kappa shape index (κ3) is 2.51. The Labute approximate surface area is 130 Å². The number of aryl methyl sites for hydroxylation is 1. The molecule has 0 spiro atoms. The first-order chi connectivity index (χ1) is 10.4. The van der Waals surface area contributed by atoms with E-state index in [4.69, 9.17) is 0 Å². The molecule has 120 valence electrons. The maximum absolute atomic E-state index is 12.2. The van der Waals surface area contributed by atoms with Crippen LogP contribution < -0.4 is 0 Å². The monoisotopic (exact) mass is 323 g/mol. The van der Waals surface area contributed by atoms with Crippen molar-refractivity contribution in [3.05, 3.63) is 30.1 Å². The summed E-state index contributed by atoms with van der Waals surface area (Å²) in [6.07, 6.45) is 7.09. The average Bonchev–Trinajstić information content (AvgIpc) is 2.89. The zero-order valence-corrected chi connectivity index (χ0v) is 13.9. The van der Waals surface area contributed by atoms with Crippen molar-refractivity contribution >= 4 is 15.7 Å². The molecule has 22 heavy (non-hydrogen) atoms. The Hall–Kier alpha value is -1.51. The molecule has 0 bridgehead atoms. The lowest BCUT2D eigenvalue weighted by Gasteiger charge is -2.33. The second-order valence-electron chi connectivity index (χ2n) is 5.86. The van der Waals surface area contributed by atoms with E-state index in [9.17, 15) is 8.42 Å². The van der Waals surface area contributed by atoms with Crippen LogP contribution in [0.15, 0.2) is 18.6 Å². The largest absolute Gasteiger partial charge is 0.298 e. The fraction of sp³-hybridized carbons (Fsp3) is 0.571. The molecule has 1 aliphatic heterocycles. The summed E-state index contributed by atoms with van der Waals surface area (Å²) in [7, 11) is -0.173. The van der Waals surface area contributed by atoms with E-state index >= 15 is 0 Å². The second-order valence-corrected chi connectivity index (χ2v) is 8.00. The van der Waals surface area contributed by atoms with Crippen LogP contribution in [-0.2, 0) is 10.2 Å². The number of nitrogens with zero attached hydrogens (tertiary/aromatic N) is 5. The summed E-state index contributed by atoms with van der Waals surface area (Å²) in [5.74, 6) is 1.24. The zero-order chi connectivity index (χ0) is 15.9. The van der Waals surface area contributed by atoms with Crippen molar-refractivity contribution in [3.8, 4) is 0 Å².